The molecule has 4 nitrogen and oxygen atoms in total. The molecule has 1 aromatic carbocycles. The smallest absolute Gasteiger partial charge is 0.223 e. The predicted octanol–water partition coefficient (Wildman–Crippen LogP) is 2.48. The van der Waals surface area contributed by atoms with Gasteiger partial charge in [0, 0.05) is 12.3 Å². The van der Waals surface area contributed by atoms with Gasteiger partial charge in [-0.1, -0.05) is 38.1 Å². The monoisotopic (exact) mass is 242 g/mol. The van der Waals surface area contributed by atoms with E-state index >= 15 is 0 Å². The second-order valence-electron chi connectivity index (χ2n) is 4.73. The van der Waals surface area contributed by atoms with Crippen LogP contribution in [0.1, 0.15) is 42.5 Å². The van der Waals surface area contributed by atoms with Gasteiger partial charge in [0.05, 0.1) is 0 Å². The minimum Gasteiger partial charge on any atom is -0.368 e. The van der Waals surface area contributed by atoms with Gasteiger partial charge in [0.25, 0.3) is 0 Å². The van der Waals surface area contributed by atoms with E-state index in [1.165, 1.54) is 11.1 Å². The fraction of sp³-hybridized carbons (Fsp3) is 0.357. The van der Waals surface area contributed by atoms with E-state index in [0.29, 0.717) is 12.4 Å². The molecule has 1 heterocycles. The van der Waals surface area contributed by atoms with E-state index < -0.39 is 0 Å². The van der Waals surface area contributed by atoms with Gasteiger partial charge in [0.1, 0.15) is 11.6 Å². The molecule has 0 saturated carbocycles. The molecule has 0 fully saturated rings. The van der Waals surface area contributed by atoms with Gasteiger partial charge in [-0.05, 0) is 18.1 Å². The van der Waals surface area contributed by atoms with Crippen molar-refractivity contribution in [1.82, 2.24) is 15.0 Å². The Morgan fingerprint density at radius 1 is 1.11 bits per heavy atom. The van der Waals surface area contributed by atoms with Crippen molar-refractivity contribution in [2.24, 2.45) is 0 Å². The lowest BCUT2D eigenvalue weighted by Gasteiger charge is -2.08. The second kappa shape index (κ2) is 5.12. The van der Waals surface area contributed by atoms with Crippen LogP contribution in [-0.4, -0.2) is 15.0 Å². The lowest BCUT2D eigenvalue weighted by Crippen LogP contribution is -2.09. The molecule has 0 amide bonds. The Morgan fingerprint density at radius 3 is 2.50 bits per heavy atom. The van der Waals surface area contributed by atoms with Crippen molar-refractivity contribution in [2.75, 3.05) is 5.73 Å². The van der Waals surface area contributed by atoms with Crippen LogP contribution in [0.3, 0.4) is 0 Å². The van der Waals surface area contributed by atoms with Gasteiger partial charge in [-0.25, -0.2) is 4.98 Å². The third-order valence-electron chi connectivity index (χ3n) is 2.84. The highest BCUT2D eigenvalue weighted by molar-refractivity contribution is 5.29. The normalized spacial score (nSPS) is 10.9. The number of anilines is 1. The van der Waals surface area contributed by atoms with Gasteiger partial charge in [-0.15, -0.1) is 0 Å². The summed E-state index contributed by atoms with van der Waals surface area (Å²) in [6, 6.07) is 8.23. The third kappa shape index (κ3) is 2.83. The molecule has 2 N–H and O–H groups in total. The van der Waals surface area contributed by atoms with Crippen molar-refractivity contribution in [1.29, 1.82) is 0 Å². The Bertz CT molecular complexity index is 549. The second-order valence-corrected chi connectivity index (χ2v) is 4.73. The Kier molecular flexibility index (Phi) is 3.55. The molecule has 0 aliphatic heterocycles. The van der Waals surface area contributed by atoms with Crippen LogP contribution in [0.4, 0.5) is 5.95 Å². The number of benzene rings is 1. The van der Waals surface area contributed by atoms with Crippen molar-refractivity contribution < 1.29 is 0 Å². The molecule has 0 saturated heterocycles. The summed E-state index contributed by atoms with van der Waals surface area (Å²) in [5.41, 5.74) is 8.19. The Labute approximate surface area is 107 Å². The zero-order valence-corrected chi connectivity index (χ0v) is 11.0. The van der Waals surface area contributed by atoms with Gasteiger partial charge in [0.2, 0.25) is 5.95 Å². The van der Waals surface area contributed by atoms with Crippen LogP contribution in [0.2, 0.25) is 0 Å². The molecule has 0 bridgehead atoms. The number of nitrogens with zero attached hydrogens (tertiary/aromatic N) is 3. The number of nitrogen functional groups attached to an aromatic ring is 1. The number of aromatic nitrogens is 3. The largest absolute Gasteiger partial charge is 0.368 e. The molecule has 1 aromatic heterocycles. The third-order valence-corrected chi connectivity index (χ3v) is 2.84. The minimum atomic E-state index is 0.255. The Balaban J connectivity index is 2.32. The Hall–Kier alpha value is -1.97. The summed E-state index contributed by atoms with van der Waals surface area (Å²) in [6.07, 6.45) is 0.694. The van der Waals surface area contributed by atoms with E-state index in [1.807, 2.05) is 26.0 Å². The van der Waals surface area contributed by atoms with Crippen molar-refractivity contribution in [2.45, 2.75) is 33.1 Å². The van der Waals surface area contributed by atoms with Crippen LogP contribution in [-0.2, 0) is 6.42 Å². The van der Waals surface area contributed by atoms with Crippen LogP contribution in [0.15, 0.2) is 24.3 Å². The fourth-order valence-corrected chi connectivity index (χ4v) is 1.77. The average Bonchev–Trinajstić information content (AvgIpc) is 2.31. The first kappa shape index (κ1) is 12.5. The maximum absolute atomic E-state index is 5.73. The molecule has 2 rings (SSSR count). The standard InChI is InChI=1S/C14H18N4/c1-9(2)13-16-12(17-14(15)18-13)8-11-7-5-4-6-10(11)3/h4-7,9H,8H2,1-3H3,(H2,15,16,17,18). The molecule has 94 valence electrons. The lowest BCUT2D eigenvalue weighted by molar-refractivity contribution is 0.742. The van der Waals surface area contributed by atoms with Crippen molar-refractivity contribution in [3.8, 4) is 0 Å². The first-order chi connectivity index (χ1) is 8.56. The van der Waals surface area contributed by atoms with Crippen LogP contribution in [0, 0.1) is 6.92 Å². The van der Waals surface area contributed by atoms with E-state index in [-0.39, 0.29) is 5.92 Å². The number of nitrogens with two attached hydrogens (primary N) is 1. The summed E-state index contributed by atoms with van der Waals surface area (Å²) < 4.78 is 0. The van der Waals surface area contributed by atoms with E-state index in [2.05, 4.69) is 34.0 Å². The van der Waals surface area contributed by atoms with Gasteiger partial charge in [-0.2, -0.15) is 9.97 Å². The maximum Gasteiger partial charge on any atom is 0.223 e. The fourth-order valence-electron chi connectivity index (χ4n) is 1.77. The summed E-state index contributed by atoms with van der Waals surface area (Å²) in [5.74, 6) is 2.05. The topological polar surface area (TPSA) is 64.7 Å². The van der Waals surface area contributed by atoms with E-state index in [1.54, 1.807) is 0 Å². The van der Waals surface area contributed by atoms with Crippen LogP contribution < -0.4 is 5.73 Å². The molecule has 4 heteroatoms. The number of hydrogen-bond acceptors (Lipinski definition) is 4. The first-order valence-corrected chi connectivity index (χ1v) is 6.11. The van der Waals surface area contributed by atoms with Crippen LogP contribution in [0.25, 0.3) is 0 Å². The lowest BCUT2D eigenvalue weighted by atomic mass is 10.1. The zero-order chi connectivity index (χ0) is 13.1. The molecule has 0 aliphatic carbocycles. The molecular weight excluding hydrogens is 224 g/mol. The SMILES string of the molecule is Cc1ccccc1Cc1nc(N)nc(C(C)C)n1. The predicted molar refractivity (Wildman–Crippen MR) is 72.3 cm³/mol. The van der Waals surface area contributed by atoms with E-state index in [0.717, 1.165) is 11.6 Å². The van der Waals surface area contributed by atoms with Gasteiger partial charge >= 0.3 is 0 Å². The average molecular weight is 242 g/mol. The van der Waals surface area contributed by atoms with Crippen LogP contribution >= 0.6 is 0 Å². The molecule has 0 aliphatic rings. The van der Waals surface area contributed by atoms with Crippen molar-refractivity contribution in [3.05, 3.63) is 47.0 Å². The summed E-state index contributed by atoms with van der Waals surface area (Å²) in [6.45, 7) is 6.18. The molecule has 0 radical (unpaired) electrons. The Morgan fingerprint density at radius 2 is 1.83 bits per heavy atom. The highest BCUT2D eigenvalue weighted by atomic mass is 15.1. The molecule has 0 spiro atoms. The number of aryl methyl sites for hydroxylation is 1. The molecule has 0 atom stereocenters. The van der Waals surface area contributed by atoms with Gasteiger partial charge < -0.3 is 5.73 Å². The van der Waals surface area contributed by atoms with Gasteiger partial charge in [-0.3, -0.25) is 0 Å². The summed E-state index contributed by atoms with van der Waals surface area (Å²) in [7, 11) is 0. The summed E-state index contributed by atoms with van der Waals surface area (Å²) in [4.78, 5) is 12.8. The quantitative estimate of drug-likeness (QED) is 0.898. The molecule has 2 aromatic rings. The summed E-state index contributed by atoms with van der Waals surface area (Å²) in [5, 5.41) is 0. The molecule has 0 unspecified atom stereocenters. The highest BCUT2D eigenvalue weighted by Gasteiger charge is 2.09. The van der Waals surface area contributed by atoms with Crippen LogP contribution in [0.5, 0.6) is 0 Å². The number of hydrogen-bond donors (Lipinski definition) is 1. The summed E-state index contributed by atoms with van der Waals surface area (Å²) >= 11 is 0. The van der Waals surface area contributed by atoms with E-state index in [9.17, 15) is 0 Å². The van der Waals surface area contributed by atoms with E-state index in [4.69, 9.17) is 5.73 Å². The highest BCUT2D eigenvalue weighted by Crippen LogP contribution is 2.14. The molecular formula is C14H18N4. The first-order valence-electron chi connectivity index (χ1n) is 6.11. The van der Waals surface area contributed by atoms with Crippen molar-refractivity contribution in [3.63, 3.8) is 0 Å². The van der Waals surface area contributed by atoms with Gasteiger partial charge in [0.15, 0.2) is 0 Å². The minimum absolute atomic E-state index is 0.255. The maximum atomic E-state index is 5.73. The number of rotatable bonds is 3. The zero-order valence-electron chi connectivity index (χ0n) is 11.0. The molecule has 18 heavy (non-hydrogen) atoms. The van der Waals surface area contributed by atoms with Crippen molar-refractivity contribution >= 4 is 5.95 Å².